The molecule has 1 aromatic carbocycles. The van der Waals surface area contributed by atoms with Crippen molar-refractivity contribution in [1.82, 2.24) is 10.4 Å². The average Bonchev–Trinajstić information content (AvgIpc) is 2.26. The lowest BCUT2D eigenvalue weighted by Crippen LogP contribution is -2.36. The van der Waals surface area contributed by atoms with E-state index < -0.39 is 17.6 Å². The van der Waals surface area contributed by atoms with Gasteiger partial charge >= 0.3 is 6.18 Å². The van der Waals surface area contributed by atoms with E-state index >= 15 is 0 Å². The van der Waals surface area contributed by atoms with Crippen molar-refractivity contribution in [3.63, 3.8) is 0 Å². The van der Waals surface area contributed by atoms with Gasteiger partial charge in [-0.15, -0.1) is 0 Å². The van der Waals surface area contributed by atoms with Gasteiger partial charge in [-0.05, 0) is 18.2 Å². The predicted molar refractivity (Wildman–Crippen MR) is 62.1 cm³/mol. The highest BCUT2D eigenvalue weighted by molar-refractivity contribution is 5.94. The van der Waals surface area contributed by atoms with Crippen LogP contribution < -0.4 is 10.7 Å². The summed E-state index contributed by atoms with van der Waals surface area (Å²) in [5.74, 6) is -0.590. The van der Waals surface area contributed by atoms with Crippen LogP contribution in [0, 0.1) is 0 Å². The smallest absolute Gasteiger partial charge is 0.388 e. The highest BCUT2D eigenvalue weighted by Crippen LogP contribution is 2.35. The number of rotatable bonds is 3. The third-order valence-electron chi connectivity index (χ3n) is 2.18. The first kappa shape index (κ1) is 14.3. The van der Waals surface area contributed by atoms with E-state index in [1.54, 1.807) is 14.1 Å². The molecular weight excluding hydrogens is 247 g/mol. The number of alkyl halides is 3. The molecule has 0 saturated heterocycles. The minimum Gasteiger partial charge on any atom is -0.388 e. The highest BCUT2D eigenvalue weighted by atomic mass is 19.4. The van der Waals surface area contributed by atoms with E-state index in [1.165, 1.54) is 24.2 Å². The number of halogens is 3. The van der Waals surface area contributed by atoms with Gasteiger partial charge in [0.2, 0.25) is 0 Å². The molecule has 2 N–H and O–H groups in total. The molecule has 4 nitrogen and oxygen atoms in total. The molecule has 0 atom stereocenters. The van der Waals surface area contributed by atoms with Crippen LogP contribution in [0.15, 0.2) is 18.2 Å². The van der Waals surface area contributed by atoms with Gasteiger partial charge in [0.1, 0.15) is 0 Å². The minimum absolute atomic E-state index is 0.0463. The molecule has 0 aromatic heterocycles. The molecule has 0 spiro atoms. The van der Waals surface area contributed by atoms with E-state index in [1.807, 2.05) is 0 Å². The van der Waals surface area contributed by atoms with Crippen molar-refractivity contribution in [2.45, 2.75) is 6.18 Å². The van der Waals surface area contributed by atoms with Gasteiger partial charge in [-0.1, -0.05) is 0 Å². The summed E-state index contributed by atoms with van der Waals surface area (Å²) in [6, 6.07) is 3.39. The lowest BCUT2D eigenvalue weighted by molar-refractivity contribution is -0.136. The van der Waals surface area contributed by atoms with Crippen molar-refractivity contribution in [3.05, 3.63) is 29.3 Å². The predicted octanol–water partition coefficient (Wildman–Crippen LogP) is 1.95. The average molecular weight is 261 g/mol. The van der Waals surface area contributed by atoms with Crippen molar-refractivity contribution in [2.75, 3.05) is 26.5 Å². The van der Waals surface area contributed by atoms with Gasteiger partial charge in [0.25, 0.3) is 5.91 Å². The standard InChI is InChI=1S/C11H14F3N3O/c1-15-9-5-4-7(10(18)16-17(2)3)6-8(9)11(12,13)14/h4-6,15H,1-3H3,(H,16,18). The number of benzene rings is 1. The second-order valence-corrected chi connectivity index (χ2v) is 3.84. The number of nitrogens with zero attached hydrogens (tertiary/aromatic N) is 1. The van der Waals surface area contributed by atoms with Crippen molar-refractivity contribution in [1.29, 1.82) is 0 Å². The fourth-order valence-corrected chi connectivity index (χ4v) is 1.41. The second kappa shape index (κ2) is 5.26. The molecule has 0 heterocycles. The van der Waals surface area contributed by atoms with Crippen LogP contribution in [-0.2, 0) is 6.18 Å². The summed E-state index contributed by atoms with van der Waals surface area (Å²) in [6.45, 7) is 0. The van der Waals surface area contributed by atoms with Gasteiger partial charge in [0.05, 0.1) is 5.56 Å². The largest absolute Gasteiger partial charge is 0.418 e. The SMILES string of the molecule is CNc1ccc(C(=O)NN(C)C)cc1C(F)(F)F. The Morgan fingerprint density at radius 1 is 1.28 bits per heavy atom. The zero-order valence-corrected chi connectivity index (χ0v) is 10.2. The maximum absolute atomic E-state index is 12.8. The molecule has 0 radical (unpaired) electrons. The summed E-state index contributed by atoms with van der Waals surface area (Å²) in [7, 11) is 4.54. The van der Waals surface area contributed by atoms with Gasteiger partial charge in [0.15, 0.2) is 0 Å². The molecule has 1 aromatic rings. The molecule has 1 rings (SSSR count). The highest BCUT2D eigenvalue weighted by Gasteiger charge is 2.34. The fraction of sp³-hybridized carbons (Fsp3) is 0.364. The minimum atomic E-state index is -4.51. The van der Waals surface area contributed by atoms with Gasteiger partial charge in [-0.25, -0.2) is 5.01 Å². The van der Waals surface area contributed by atoms with Crippen LogP contribution in [-0.4, -0.2) is 32.1 Å². The van der Waals surface area contributed by atoms with Gasteiger partial charge in [0, 0.05) is 32.4 Å². The zero-order valence-electron chi connectivity index (χ0n) is 10.2. The number of amides is 1. The maximum atomic E-state index is 12.8. The first-order chi connectivity index (χ1) is 8.25. The lowest BCUT2D eigenvalue weighted by atomic mass is 10.1. The van der Waals surface area contributed by atoms with Crippen LogP contribution in [0.3, 0.4) is 0 Å². The third kappa shape index (κ3) is 3.36. The number of carbonyl (C=O) groups is 1. The Morgan fingerprint density at radius 2 is 1.89 bits per heavy atom. The Bertz CT molecular complexity index is 444. The Kier molecular flexibility index (Phi) is 4.18. The molecule has 0 aliphatic rings. The van der Waals surface area contributed by atoms with Crippen molar-refractivity contribution in [2.24, 2.45) is 0 Å². The van der Waals surface area contributed by atoms with Crippen LogP contribution in [0.25, 0.3) is 0 Å². The Balaban J connectivity index is 3.15. The van der Waals surface area contributed by atoms with Crippen LogP contribution in [0.1, 0.15) is 15.9 Å². The number of carbonyl (C=O) groups excluding carboxylic acids is 1. The quantitative estimate of drug-likeness (QED) is 0.817. The zero-order chi connectivity index (χ0) is 13.9. The Morgan fingerprint density at radius 3 is 2.33 bits per heavy atom. The molecule has 1 amide bonds. The van der Waals surface area contributed by atoms with E-state index in [-0.39, 0.29) is 11.3 Å². The van der Waals surface area contributed by atoms with E-state index in [0.717, 1.165) is 6.07 Å². The molecule has 0 fully saturated rings. The Labute approximate surface area is 103 Å². The number of hydrazine groups is 1. The number of hydrogen-bond acceptors (Lipinski definition) is 3. The topological polar surface area (TPSA) is 44.4 Å². The van der Waals surface area contributed by atoms with Crippen LogP contribution >= 0.6 is 0 Å². The molecule has 7 heteroatoms. The number of anilines is 1. The first-order valence-electron chi connectivity index (χ1n) is 5.13. The Hall–Kier alpha value is -1.76. The summed E-state index contributed by atoms with van der Waals surface area (Å²) < 4.78 is 38.3. The first-order valence-corrected chi connectivity index (χ1v) is 5.13. The van der Waals surface area contributed by atoms with E-state index in [2.05, 4.69) is 10.7 Å². The molecule has 0 aliphatic carbocycles. The normalized spacial score (nSPS) is 11.5. The second-order valence-electron chi connectivity index (χ2n) is 3.84. The van der Waals surface area contributed by atoms with E-state index in [0.29, 0.717) is 0 Å². The molecule has 0 unspecified atom stereocenters. The molecule has 0 saturated carbocycles. The molecule has 18 heavy (non-hydrogen) atoms. The van der Waals surface area contributed by atoms with Crippen LogP contribution in [0.2, 0.25) is 0 Å². The van der Waals surface area contributed by atoms with Crippen molar-refractivity contribution < 1.29 is 18.0 Å². The summed E-state index contributed by atoms with van der Waals surface area (Å²) in [6.07, 6.45) is -4.51. The monoisotopic (exact) mass is 261 g/mol. The summed E-state index contributed by atoms with van der Waals surface area (Å²) >= 11 is 0. The maximum Gasteiger partial charge on any atom is 0.418 e. The van der Waals surface area contributed by atoms with Crippen LogP contribution in [0.4, 0.5) is 18.9 Å². The van der Waals surface area contributed by atoms with E-state index in [4.69, 9.17) is 0 Å². The third-order valence-corrected chi connectivity index (χ3v) is 2.18. The lowest BCUT2D eigenvalue weighted by Gasteiger charge is -2.15. The molecule has 100 valence electrons. The molecule has 0 aliphatic heterocycles. The van der Waals surface area contributed by atoms with Gasteiger partial charge in [-0.3, -0.25) is 10.2 Å². The number of nitrogens with one attached hydrogen (secondary N) is 2. The van der Waals surface area contributed by atoms with Gasteiger partial charge in [-0.2, -0.15) is 13.2 Å². The number of hydrogen-bond donors (Lipinski definition) is 2. The van der Waals surface area contributed by atoms with Crippen molar-refractivity contribution >= 4 is 11.6 Å². The van der Waals surface area contributed by atoms with Crippen LogP contribution in [0.5, 0.6) is 0 Å². The summed E-state index contributed by atoms with van der Waals surface area (Å²) in [4.78, 5) is 11.6. The molecule has 0 bridgehead atoms. The van der Waals surface area contributed by atoms with Gasteiger partial charge < -0.3 is 5.32 Å². The molecular formula is C11H14F3N3O. The van der Waals surface area contributed by atoms with E-state index in [9.17, 15) is 18.0 Å². The summed E-state index contributed by atoms with van der Waals surface area (Å²) in [5.41, 5.74) is 1.41. The fourth-order valence-electron chi connectivity index (χ4n) is 1.41. The van der Waals surface area contributed by atoms with Crippen molar-refractivity contribution in [3.8, 4) is 0 Å². The summed E-state index contributed by atoms with van der Waals surface area (Å²) in [5, 5.41) is 3.81.